The van der Waals surface area contributed by atoms with Crippen molar-refractivity contribution < 1.29 is 17.9 Å². The highest BCUT2D eigenvalue weighted by Gasteiger charge is 2.28. The molecule has 0 heterocycles. The van der Waals surface area contributed by atoms with E-state index in [2.05, 4.69) is 5.32 Å². The van der Waals surface area contributed by atoms with Gasteiger partial charge in [0.25, 0.3) is 10.0 Å². The van der Waals surface area contributed by atoms with Crippen LogP contribution < -0.4 is 14.4 Å². The number of nitrogens with zero attached hydrogens (tertiary/aromatic N) is 1. The van der Waals surface area contributed by atoms with E-state index in [0.717, 1.165) is 15.4 Å². The molecule has 0 bridgehead atoms. The van der Waals surface area contributed by atoms with Gasteiger partial charge >= 0.3 is 0 Å². The summed E-state index contributed by atoms with van der Waals surface area (Å²) in [5, 5.41) is 3.04. The van der Waals surface area contributed by atoms with Gasteiger partial charge < -0.3 is 10.1 Å². The highest BCUT2D eigenvalue weighted by atomic mass is 32.2. The maximum absolute atomic E-state index is 13.6. The van der Waals surface area contributed by atoms with E-state index in [9.17, 15) is 13.2 Å². The highest BCUT2D eigenvalue weighted by molar-refractivity contribution is 7.92. The lowest BCUT2D eigenvalue weighted by Gasteiger charge is -2.26. The molecule has 36 heavy (non-hydrogen) atoms. The van der Waals surface area contributed by atoms with Gasteiger partial charge in [-0.3, -0.25) is 9.10 Å². The van der Waals surface area contributed by atoms with Gasteiger partial charge in [-0.2, -0.15) is 0 Å². The molecule has 0 saturated carbocycles. The number of rotatable bonds is 10. The van der Waals surface area contributed by atoms with E-state index in [4.69, 9.17) is 4.74 Å². The van der Waals surface area contributed by atoms with E-state index in [1.807, 2.05) is 67.6 Å². The second-order valence-corrected chi connectivity index (χ2v) is 9.94. The van der Waals surface area contributed by atoms with Gasteiger partial charge in [0, 0.05) is 0 Å². The molecule has 0 aromatic heterocycles. The molecule has 6 nitrogen and oxygen atoms in total. The molecule has 0 radical (unpaired) electrons. The smallest absolute Gasteiger partial charge is 0.264 e. The van der Waals surface area contributed by atoms with Gasteiger partial charge in [0.2, 0.25) is 5.91 Å². The molecule has 0 aliphatic carbocycles. The normalized spacial score (nSPS) is 11.2. The molecule has 0 saturated heterocycles. The zero-order valence-corrected chi connectivity index (χ0v) is 20.8. The van der Waals surface area contributed by atoms with Crippen molar-refractivity contribution in [3.8, 4) is 5.75 Å². The summed E-state index contributed by atoms with van der Waals surface area (Å²) >= 11 is 0. The minimum absolute atomic E-state index is 0.106. The number of carbonyl (C=O) groups excluding carboxylic acids is 1. The van der Waals surface area contributed by atoms with Crippen LogP contribution in [0, 0.1) is 0 Å². The fourth-order valence-corrected chi connectivity index (χ4v) is 5.34. The van der Waals surface area contributed by atoms with Gasteiger partial charge in [0.05, 0.1) is 23.2 Å². The molecule has 0 atom stereocenters. The van der Waals surface area contributed by atoms with E-state index in [1.165, 1.54) is 12.1 Å². The predicted molar refractivity (Wildman–Crippen MR) is 141 cm³/mol. The number of hydrogen-bond donors (Lipinski definition) is 1. The third-order valence-corrected chi connectivity index (χ3v) is 7.41. The van der Waals surface area contributed by atoms with Crippen molar-refractivity contribution in [2.45, 2.75) is 17.9 Å². The lowest BCUT2D eigenvalue weighted by Crippen LogP contribution is -2.42. The molecular formula is C29H28N2O4S. The molecule has 4 rings (SSSR count). The quantitative estimate of drug-likeness (QED) is 0.325. The third-order valence-electron chi connectivity index (χ3n) is 5.63. The zero-order chi connectivity index (χ0) is 25.4. The number of hydrogen-bond acceptors (Lipinski definition) is 4. The van der Waals surface area contributed by atoms with Gasteiger partial charge in [-0.1, -0.05) is 78.9 Å². The van der Waals surface area contributed by atoms with Gasteiger partial charge in [-0.05, 0) is 54.4 Å². The van der Waals surface area contributed by atoms with Crippen LogP contribution >= 0.6 is 0 Å². The first kappa shape index (κ1) is 25.0. The second-order valence-electron chi connectivity index (χ2n) is 8.07. The van der Waals surface area contributed by atoms with Crippen molar-refractivity contribution in [1.82, 2.24) is 5.32 Å². The summed E-state index contributed by atoms with van der Waals surface area (Å²) in [6, 6.07) is 33.5. The lowest BCUT2D eigenvalue weighted by molar-refractivity contribution is -0.120. The van der Waals surface area contributed by atoms with E-state index in [0.29, 0.717) is 18.0 Å². The number of carbonyl (C=O) groups is 1. The molecule has 0 fully saturated rings. The fraction of sp³-hybridized carbons (Fsp3) is 0.138. The van der Waals surface area contributed by atoms with E-state index in [-0.39, 0.29) is 11.4 Å². The zero-order valence-electron chi connectivity index (χ0n) is 19.9. The third kappa shape index (κ3) is 5.93. The average Bonchev–Trinajstić information content (AvgIpc) is 2.92. The van der Waals surface area contributed by atoms with E-state index in [1.54, 1.807) is 42.5 Å². The Balaban J connectivity index is 1.66. The summed E-state index contributed by atoms with van der Waals surface area (Å²) in [4.78, 5) is 13.5. The predicted octanol–water partition coefficient (Wildman–Crippen LogP) is 5.19. The van der Waals surface area contributed by atoms with Crippen LogP contribution in [0.15, 0.2) is 120 Å². The fourth-order valence-electron chi connectivity index (χ4n) is 3.90. The minimum Gasteiger partial charge on any atom is -0.494 e. The number of nitrogens with one attached hydrogen (secondary N) is 1. The molecule has 4 aromatic rings. The molecule has 7 heteroatoms. The molecule has 1 N–H and O–H groups in total. The Morgan fingerprint density at radius 3 is 1.78 bits per heavy atom. The summed E-state index contributed by atoms with van der Waals surface area (Å²) in [5.74, 6) is 0.192. The van der Waals surface area contributed by atoms with Crippen LogP contribution in [0.3, 0.4) is 0 Å². The van der Waals surface area contributed by atoms with E-state index < -0.39 is 22.0 Å². The molecule has 0 unspecified atom stereocenters. The molecule has 4 aromatic carbocycles. The van der Waals surface area contributed by atoms with Crippen molar-refractivity contribution >= 4 is 21.6 Å². The lowest BCUT2D eigenvalue weighted by atomic mass is 9.99. The monoisotopic (exact) mass is 500 g/mol. The largest absolute Gasteiger partial charge is 0.494 e. The maximum atomic E-state index is 13.6. The Labute approximate surface area is 212 Å². The van der Waals surface area contributed by atoms with E-state index >= 15 is 0 Å². The summed E-state index contributed by atoms with van der Waals surface area (Å²) in [6.45, 7) is 1.98. The number of ether oxygens (including phenoxy) is 1. The first-order chi connectivity index (χ1) is 17.5. The highest BCUT2D eigenvalue weighted by Crippen LogP contribution is 2.27. The summed E-state index contributed by atoms with van der Waals surface area (Å²) in [6.07, 6.45) is 0. The number of amides is 1. The molecule has 0 aliphatic heterocycles. The SMILES string of the molecule is CCOc1ccc(N(CC(=O)NC(c2ccccc2)c2ccccc2)S(=O)(=O)c2ccccc2)cc1. The molecule has 0 spiro atoms. The Kier molecular flexibility index (Phi) is 8.02. The number of sulfonamides is 1. The van der Waals surface area contributed by atoms with Crippen LogP contribution in [0.25, 0.3) is 0 Å². The van der Waals surface area contributed by atoms with Crippen LogP contribution in [0.5, 0.6) is 5.75 Å². The van der Waals surface area contributed by atoms with Crippen molar-refractivity contribution in [2.24, 2.45) is 0 Å². The Hall–Kier alpha value is -4.10. The van der Waals surface area contributed by atoms with Crippen LogP contribution in [-0.4, -0.2) is 27.5 Å². The molecule has 1 amide bonds. The van der Waals surface area contributed by atoms with Crippen molar-refractivity contribution in [3.05, 3.63) is 126 Å². The number of benzene rings is 4. The van der Waals surface area contributed by atoms with Crippen LogP contribution in [0.1, 0.15) is 24.1 Å². The van der Waals surface area contributed by atoms with Gasteiger partial charge in [0.15, 0.2) is 0 Å². The van der Waals surface area contributed by atoms with Gasteiger partial charge in [-0.15, -0.1) is 0 Å². The Bertz CT molecular complexity index is 1320. The summed E-state index contributed by atoms with van der Waals surface area (Å²) < 4.78 is 33.9. The Morgan fingerprint density at radius 2 is 1.28 bits per heavy atom. The Morgan fingerprint density at radius 1 is 0.778 bits per heavy atom. The van der Waals surface area contributed by atoms with Gasteiger partial charge in [-0.25, -0.2) is 8.42 Å². The van der Waals surface area contributed by atoms with Crippen LogP contribution in [0.4, 0.5) is 5.69 Å². The molecule has 0 aliphatic rings. The number of anilines is 1. The molecule has 184 valence electrons. The average molecular weight is 501 g/mol. The summed E-state index contributed by atoms with van der Waals surface area (Å²) in [7, 11) is -4.01. The standard InChI is InChI=1S/C29H28N2O4S/c1-2-35-26-20-18-25(19-21-26)31(36(33,34)27-16-10-5-11-17-27)22-28(32)30-29(23-12-6-3-7-13-23)24-14-8-4-9-15-24/h3-21,29H,2,22H2,1H3,(H,30,32). The molecular weight excluding hydrogens is 472 g/mol. The van der Waals surface area contributed by atoms with Crippen LogP contribution in [0.2, 0.25) is 0 Å². The second kappa shape index (κ2) is 11.6. The van der Waals surface area contributed by atoms with Crippen LogP contribution in [-0.2, 0) is 14.8 Å². The summed E-state index contributed by atoms with van der Waals surface area (Å²) in [5.41, 5.74) is 2.17. The van der Waals surface area contributed by atoms with Crippen molar-refractivity contribution in [3.63, 3.8) is 0 Å². The van der Waals surface area contributed by atoms with Gasteiger partial charge in [0.1, 0.15) is 12.3 Å². The first-order valence-electron chi connectivity index (χ1n) is 11.7. The van der Waals surface area contributed by atoms with Crippen molar-refractivity contribution in [1.29, 1.82) is 0 Å². The van der Waals surface area contributed by atoms with Crippen molar-refractivity contribution in [2.75, 3.05) is 17.5 Å². The topological polar surface area (TPSA) is 75.7 Å². The first-order valence-corrected chi connectivity index (χ1v) is 13.1. The maximum Gasteiger partial charge on any atom is 0.264 e. The minimum atomic E-state index is -4.01.